The van der Waals surface area contributed by atoms with Crippen molar-refractivity contribution in [2.24, 2.45) is 0 Å². The van der Waals surface area contributed by atoms with Crippen LogP contribution in [0.1, 0.15) is 76.8 Å². The molecule has 1 aliphatic rings. The molecule has 0 unspecified atom stereocenters. The summed E-state index contributed by atoms with van der Waals surface area (Å²) in [5, 5.41) is 0. The molecule has 18 heavy (non-hydrogen) atoms. The minimum Gasteiger partial charge on any atom is -0.361 e. The summed E-state index contributed by atoms with van der Waals surface area (Å²) in [5.41, 5.74) is 4.54. The molecule has 1 aromatic rings. The third kappa shape index (κ3) is 4.04. The molecule has 0 fully saturated rings. The predicted octanol–water partition coefficient (Wildman–Crippen LogP) is 5.70. The van der Waals surface area contributed by atoms with E-state index in [0.29, 0.717) is 0 Å². The molecule has 0 aliphatic heterocycles. The van der Waals surface area contributed by atoms with Crippen LogP contribution in [0.2, 0.25) is 0 Å². The molecule has 0 saturated carbocycles. The van der Waals surface area contributed by atoms with Gasteiger partial charge in [0.15, 0.2) is 0 Å². The summed E-state index contributed by atoms with van der Waals surface area (Å²) >= 11 is 0. The minimum absolute atomic E-state index is 1.26. The summed E-state index contributed by atoms with van der Waals surface area (Å²) in [6.45, 7) is 2.34. The molecule has 100 valence electrons. The van der Waals surface area contributed by atoms with Crippen LogP contribution in [-0.4, -0.2) is 4.98 Å². The van der Waals surface area contributed by atoms with Crippen LogP contribution in [0.25, 0.3) is 5.57 Å². The summed E-state index contributed by atoms with van der Waals surface area (Å²) in [7, 11) is 0. The largest absolute Gasteiger partial charge is 0.361 e. The van der Waals surface area contributed by atoms with E-state index in [9.17, 15) is 0 Å². The second-order valence-electron chi connectivity index (χ2n) is 5.67. The Balaban J connectivity index is 2.06. The minimum atomic E-state index is 1.26. The van der Waals surface area contributed by atoms with Crippen LogP contribution in [0, 0.1) is 0 Å². The first-order chi connectivity index (χ1) is 8.88. The lowest BCUT2D eigenvalue weighted by molar-refractivity contribution is 0.564. The highest BCUT2D eigenvalue weighted by atomic mass is 14.7. The van der Waals surface area contributed by atoms with E-state index in [1.807, 2.05) is 6.20 Å². The normalized spacial score (nSPS) is 24.3. The average molecular weight is 245 g/mol. The highest BCUT2D eigenvalue weighted by molar-refractivity contribution is 5.65. The Morgan fingerprint density at radius 1 is 0.833 bits per heavy atom. The number of allylic oxidation sites excluding steroid dienone is 2. The molecule has 1 aliphatic carbocycles. The second kappa shape index (κ2) is 7.45. The van der Waals surface area contributed by atoms with Gasteiger partial charge in [-0.05, 0) is 50.3 Å². The van der Waals surface area contributed by atoms with Gasteiger partial charge in [0, 0.05) is 11.9 Å². The maximum absolute atomic E-state index is 3.39. The lowest BCUT2D eigenvalue weighted by Crippen LogP contribution is -1.93. The highest BCUT2D eigenvalue weighted by Crippen LogP contribution is 2.27. The van der Waals surface area contributed by atoms with E-state index >= 15 is 0 Å². The molecule has 0 aromatic carbocycles. The van der Waals surface area contributed by atoms with Gasteiger partial charge in [-0.1, -0.05) is 44.1 Å². The number of aromatic amines is 1. The van der Waals surface area contributed by atoms with Crippen LogP contribution in [0.15, 0.2) is 23.9 Å². The Morgan fingerprint density at radius 3 is 2.06 bits per heavy atom. The van der Waals surface area contributed by atoms with Crippen molar-refractivity contribution >= 4 is 5.57 Å². The fourth-order valence-electron chi connectivity index (χ4n) is 3.00. The third-order valence-electron chi connectivity index (χ3n) is 4.17. The fourth-order valence-corrected chi connectivity index (χ4v) is 3.00. The van der Waals surface area contributed by atoms with Crippen LogP contribution in [-0.2, 0) is 0 Å². The Hall–Kier alpha value is -0.980. The predicted molar refractivity (Wildman–Crippen MR) is 79.6 cm³/mol. The first-order valence-electron chi connectivity index (χ1n) is 7.70. The van der Waals surface area contributed by atoms with Gasteiger partial charge in [0.25, 0.3) is 0 Å². The Bertz CT molecular complexity index is 359. The lowest BCUT2D eigenvalue weighted by Gasteiger charge is -2.13. The summed E-state index contributed by atoms with van der Waals surface area (Å²) in [4.78, 5) is 3.39. The molecule has 1 heteroatoms. The first-order valence-corrected chi connectivity index (χ1v) is 7.70. The maximum atomic E-state index is 3.39. The molecule has 0 bridgehead atoms. The van der Waals surface area contributed by atoms with Gasteiger partial charge < -0.3 is 4.98 Å². The van der Waals surface area contributed by atoms with Gasteiger partial charge in [0.1, 0.15) is 0 Å². The van der Waals surface area contributed by atoms with Crippen molar-refractivity contribution in [2.45, 2.75) is 71.1 Å². The van der Waals surface area contributed by atoms with E-state index in [0.717, 1.165) is 0 Å². The number of aromatic nitrogens is 1. The van der Waals surface area contributed by atoms with Crippen LogP contribution in [0.5, 0.6) is 0 Å². The Morgan fingerprint density at radius 2 is 1.44 bits per heavy atom. The molecule has 0 amide bonds. The molecule has 1 heterocycles. The number of hydrogen-bond acceptors (Lipinski definition) is 0. The zero-order valence-electron chi connectivity index (χ0n) is 11.8. The van der Waals surface area contributed by atoms with Gasteiger partial charge in [-0.25, -0.2) is 0 Å². The first kappa shape index (κ1) is 13.5. The SMILES string of the molecule is C/C1=C(/c2ccc[nH]2)CCCCCCCCCC1. The zero-order chi connectivity index (χ0) is 12.6. The van der Waals surface area contributed by atoms with Gasteiger partial charge in [-0.2, -0.15) is 0 Å². The van der Waals surface area contributed by atoms with E-state index in [-0.39, 0.29) is 0 Å². The van der Waals surface area contributed by atoms with E-state index < -0.39 is 0 Å². The molecule has 0 atom stereocenters. The van der Waals surface area contributed by atoms with Crippen molar-refractivity contribution in [1.82, 2.24) is 4.98 Å². The molecule has 1 N–H and O–H groups in total. The van der Waals surface area contributed by atoms with Crippen molar-refractivity contribution in [3.63, 3.8) is 0 Å². The van der Waals surface area contributed by atoms with Gasteiger partial charge in [-0.15, -0.1) is 0 Å². The molecule has 1 nitrogen and oxygen atoms in total. The van der Waals surface area contributed by atoms with Gasteiger partial charge in [-0.3, -0.25) is 0 Å². The molecule has 0 spiro atoms. The molecule has 2 rings (SSSR count). The van der Waals surface area contributed by atoms with Crippen molar-refractivity contribution in [1.29, 1.82) is 0 Å². The van der Waals surface area contributed by atoms with E-state index in [4.69, 9.17) is 0 Å². The lowest BCUT2D eigenvalue weighted by atomic mass is 9.94. The zero-order valence-corrected chi connectivity index (χ0v) is 11.8. The smallest absolute Gasteiger partial charge is 0.0412 e. The van der Waals surface area contributed by atoms with E-state index in [1.165, 1.54) is 69.9 Å². The van der Waals surface area contributed by atoms with Crippen molar-refractivity contribution < 1.29 is 0 Å². The van der Waals surface area contributed by atoms with E-state index in [1.54, 1.807) is 11.1 Å². The Labute approximate surface area is 112 Å². The number of hydrogen-bond donors (Lipinski definition) is 1. The molecule has 0 radical (unpaired) electrons. The maximum Gasteiger partial charge on any atom is 0.0412 e. The van der Waals surface area contributed by atoms with Gasteiger partial charge in [0.05, 0.1) is 0 Å². The van der Waals surface area contributed by atoms with Crippen LogP contribution >= 0.6 is 0 Å². The Kier molecular flexibility index (Phi) is 5.57. The quantitative estimate of drug-likeness (QED) is 0.653. The van der Waals surface area contributed by atoms with Crippen LogP contribution in [0.4, 0.5) is 0 Å². The monoisotopic (exact) mass is 245 g/mol. The second-order valence-corrected chi connectivity index (χ2v) is 5.67. The summed E-state index contributed by atoms with van der Waals surface area (Å²) in [6, 6.07) is 4.34. The highest BCUT2D eigenvalue weighted by Gasteiger charge is 2.08. The summed E-state index contributed by atoms with van der Waals surface area (Å²) in [5.74, 6) is 0. The van der Waals surface area contributed by atoms with Crippen LogP contribution in [0.3, 0.4) is 0 Å². The van der Waals surface area contributed by atoms with Crippen molar-refractivity contribution in [2.75, 3.05) is 0 Å². The summed E-state index contributed by atoms with van der Waals surface area (Å²) < 4.78 is 0. The number of H-pyrrole nitrogens is 1. The van der Waals surface area contributed by atoms with Crippen molar-refractivity contribution in [3.8, 4) is 0 Å². The third-order valence-corrected chi connectivity index (χ3v) is 4.17. The molecule has 0 saturated heterocycles. The van der Waals surface area contributed by atoms with Gasteiger partial charge >= 0.3 is 0 Å². The average Bonchev–Trinajstić information content (AvgIpc) is 2.87. The number of nitrogens with one attached hydrogen (secondary N) is 1. The van der Waals surface area contributed by atoms with Crippen LogP contribution < -0.4 is 0 Å². The molecule has 1 aromatic heterocycles. The van der Waals surface area contributed by atoms with Gasteiger partial charge in [0.2, 0.25) is 0 Å². The van der Waals surface area contributed by atoms with E-state index in [2.05, 4.69) is 24.0 Å². The standard InChI is InChI=1S/C17H27N/c1-15-11-8-6-4-2-3-5-7-9-12-16(15)17-13-10-14-18-17/h10,13-14,18H,2-9,11-12H2,1H3/b16-15-. The topological polar surface area (TPSA) is 15.8 Å². The molecular weight excluding hydrogens is 218 g/mol. The fraction of sp³-hybridized carbons (Fsp3) is 0.647. The molecular formula is C17H27N. The summed E-state index contributed by atoms with van der Waals surface area (Å²) in [6.07, 6.45) is 15.9. The van der Waals surface area contributed by atoms with Crippen molar-refractivity contribution in [3.05, 3.63) is 29.6 Å². The number of rotatable bonds is 1.